The lowest BCUT2D eigenvalue weighted by molar-refractivity contribution is -0.124. The molecular weight excluding hydrogens is 150 g/mol. The molecule has 1 aliphatic heterocycles. The van der Waals surface area contributed by atoms with E-state index in [2.05, 4.69) is 12.2 Å². The molecule has 2 unspecified atom stereocenters. The number of allylic oxidation sites excluding steroid dienone is 4. The summed E-state index contributed by atoms with van der Waals surface area (Å²) in [5.74, 6) is 0.154. The number of hydrogen-bond acceptors (Lipinski definition) is 1. The van der Waals surface area contributed by atoms with Crippen LogP contribution in [0.2, 0.25) is 0 Å². The van der Waals surface area contributed by atoms with Crippen LogP contribution in [0.1, 0.15) is 6.92 Å². The van der Waals surface area contributed by atoms with Gasteiger partial charge in [-0.1, -0.05) is 36.5 Å². The smallest absolute Gasteiger partial charge is 0.220 e. The second-order valence-electron chi connectivity index (χ2n) is 3.06. The van der Waals surface area contributed by atoms with Gasteiger partial charge in [0.2, 0.25) is 5.91 Å². The number of fused-ring (bicyclic) bond motifs is 1. The zero-order chi connectivity index (χ0) is 8.55. The van der Waals surface area contributed by atoms with Crippen LogP contribution in [0.3, 0.4) is 0 Å². The van der Waals surface area contributed by atoms with Crippen molar-refractivity contribution in [2.24, 2.45) is 0 Å². The lowest BCUT2D eigenvalue weighted by atomic mass is 10.2. The van der Waals surface area contributed by atoms with Gasteiger partial charge in [-0.15, -0.1) is 0 Å². The summed E-state index contributed by atoms with van der Waals surface area (Å²) in [4.78, 5) is 12.9. The van der Waals surface area contributed by atoms with Crippen molar-refractivity contribution in [1.29, 1.82) is 0 Å². The molecule has 2 atom stereocenters. The van der Waals surface area contributed by atoms with Gasteiger partial charge in [0, 0.05) is 6.92 Å². The minimum absolute atomic E-state index is 0.154. The molecule has 2 aliphatic rings. The summed E-state index contributed by atoms with van der Waals surface area (Å²) in [6.45, 7) is 1.61. The molecule has 0 aromatic rings. The van der Waals surface area contributed by atoms with Crippen LogP contribution in [0.25, 0.3) is 0 Å². The average Bonchev–Trinajstić information content (AvgIpc) is 2.60. The van der Waals surface area contributed by atoms with Crippen LogP contribution in [0.5, 0.6) is 0 Å². The molecule has 12 heavy (non-hydrogen) atoms. The molecule has 62 valence electrons. The van der Waals surface area contributed by atoms with Crippen molar-refractivity contribution in [1.82, 2.24) is 4.90 Å². The maximum atomic E-state index is 11.0. The first-order chi connectivity index (χ1) is 5.80. The Morgan fingerprint density at radius 3 is 2.00 bits per heavy atom. The molecule has 0 spiro atoms. The minimum Gasteiger partial charge on any atom is -0.325 e. The lowest BCUT2D eigenvalue weighted by Gasteiger charge is -1.93. The molecule has 2 rings (SSSR count). The first-order valence-electron chi connectivity index (χ1n) is 4.11. The molecule has 0 bridgehead atoms. The largest absolute Gasteiger partial charge is 0.325 e. The van der Waals surface area contributed by atoms with E-state index in [1.54, 1.807) is 6.92 Å². The maximum absolute atomic E-state index is 11.0. The minimum atomic E-state index is 0.154. The van der Waals surface area contributed by atoms with E-state index in [-0.39, 0.29) is 5.91 Å². The van der Waals surface area contributed by atoms with Crippen molar-refractivity contribution >= 4 is 5.91 Å². The molecule has 0 saturated carbocycles. The van der Waals surface area contributed by atoms with Gasteiger partial charge in [-0.05, 0) is 0 Å². The fourth-order valence-corrected chi connectivity index (χ4v) is 1.59. The highest BCUT2D eigenvalue weighted by molar-refractivity contribution is 5.78. The summed E-state index contributed by atoms with van der Waals surface area (Å²) in [5.41, 5.74) is 0. The number of amides is 1. The summed E-state index contributed by atoms with van der Waals surface area (Å²) in [7, 11) is 0. The van der Waals surface area contributed by atoms with Crippen molar-refractivity contribution in [2.45, 2.75) is 19.0 Å². The standard InChI is InChI=1S/C10H11NO/c1-8(12)11-9-6-4-2-3-5-7-10(9)11/h2-7,9-10H,1H3. The molecular formula is C10H11NO. The summed E-state index contributed by atoms with van der Waals surface area (Å²) in [6.07, 6.45) is 12.1. The molecule has 1 fully saturated rings. The zero-order valence-electron chi connectivity index (χ0n) is 6.97. The highest BCUT2D eigenvalue weighted by atomic mass is 16.2. The highest BCUT2D eigenvalue weighted by Crippen LogP contribution is 2.31. The van der Waals surface area contributed by atoms with E-state index in [0.29, 0.717) is 12.1 Å². The third kappa shape index (κ3) is 1.09. The van der Waals surface area contributed by atoms with Crippen molar-refractivity contribution < 1.29 is 4.79 Å². The monoisotopic (exact) mass is 161 g/mol. The van der Waals surface area contributed by atoms with Crippen LogP contribution in [0.4, 0.5) is 0 Å². The molecule has 1 heterocycles. The summed E-state index contributed by atoms with van der Waals surface area (Å²) >= 11 is 0. The van der Waals surface area contributed by atoms with E-state index < -0.39 is 0 Å². The molecule has 1 saturated heterocycles. The number of rotatable bonds is 0. The zero-order valence-corrected chi connectivity index (χ0v) is 6.97. The van der Waals surface area contributed by atoms with Gasteiger partial charge in [-0.25, -0.2) is 0 Å². The van der Waals surface area contributed by atoms with E-state index in [1.807, 2.05) is 29.2 Å². The van der Waals surface area contributed by atoms with E-state index in [9.17, 15) is 4.79 Å². The molecule has 0 radical (unpaired) electrons. The first-order valence-corrected chi connectivity index (χ1v) is 4.11. The molecule has 1 aliphatic carbocycles. The third-order valence-corrected chi connectivity index (χ3v) is 2.22. The van der Waals surface area contributed by atoms with Crippen molar-refractivity contribution in [3.8, 4) is 0 Å². The molecule has 0 N–H and O–H groups in total. The first kappa shape index (κ1) is 7.35. The topological polar surface area (TPSA) is 20.1 Å². The van der Waals surface area contributed by atoms with E-state index >= 15 is 0 Å². The van der Waals surface area contributed by atoms with Crippen molar-refractivity contribution in [3.05, 3.63) is 36.5 Å². The van der Waals surface area contributed by atoms with Crippen molar-refractivity contribution in [2.75, 3.05) is 0 Å². The molecule has 0 aromatic carbocycles. The van der Waals surface area contributed by atoms with Crippen LogP contribution in [-0.4, -0.2) is 22.9 Å². The number of carbonyl (C=O) groups excluding carboxylic acids is 1. The average molecular weight is 161 g/mol. The Morgan fingerprint density at radius 1 is 1.08 bits per heavy atom. The number of nitrogens with zero attached hydrogens (tertiary/aromatic N) is 1. The lowest BCUT2D eigenvalue weighted by Crippen LogP contribution is -2.08. The van der Waals surface area contributed by atoms with Gasteiger partial charge in [-0.3, -0.25) is 4.79 Å². The molecule has 2 heteroatoms. The second kappa shape index (κ2) is 2.63. The predicted octanol–water partition coefficient (Wildman–Crippen LogP) is 1.27. The SMILES string of the molecule is CC(=O)N1C2C=CC=CC=CC21. The summed E-state index contributed by atoms with van der Waals surface area (Å²) < 4.78 is 0. The Balaban J connectivity index is 2.17. The van der Waals surface area contributed by atoms with Gasteiger partial charge < -0.3 is 4.90 Å². The van der Waals surface area contributed by atoms with Gasteiger partial charge >= 0.3 is 0 Å². The fraction of sp³-hybridized carbons (Fsp3) is 0.300. The highest BCUT2D eigenvalue weighted by Gasteiger charge is 2.45. The van der Waals surface area contributed by atoms with Crippen LogP contribution in [-0.2, 0) is 4.79 Å². The summed E-state index contributed by atoms with van der Waals surface area (Å²) in [6, 6.07) is 0.618. The Kier molecular flexibility index (Phi) is 1.61. The second-order valence-corrected chi connectivity index (χ2v) is 3.06. The Morgan fingerprint density at radius 2 is 1.58 bits per heavy atom. The molecule has 0 aromatic heterocycles. The van der Waals surface area contributed by atoms with Gasteiger partial charge in [0.25, 0.3) is 0 Å². The maximum Gasteiger partial charge on any atom is 0.220 e. The van der Waals surface area contributed by atoms with Gasteiger partial charge in [0.05, 0.1) is 12.1 Å². The predicted molar refractivity (Wildman–Crippen MR) is 47.5 cm³/mol. The Labute approximate surface area is 71.9 Å². The Bertz CT molecular complexity index is 266. The van der Waals surface area contributed by atoms with Crippen LogP contribution >= 0.6 is 0 Å². The quantitative estimate of drug-likeness (QED) is 0.490. The van der Waals surface area contributed by atoms with E-state index in [0.717, 1.165) is 0 Å². The molecule has 1 amide bonds. The number of carbonyl (C=O) groups is 1. The van der Waals surface area contributed by atoms with Crippen LogP contribution in [0, 0.1) is 0 Å². The normalized spacial score (nSPS) is 30.9. The third-order valence-electron chi connectivity index (χ3n) is 2.22. The van der Waals surface area contributed by atoms with Crippen LogP contribution in [0.15, 0.2) is 36.5 Å². The van der Waals surface area contributed by atoms with Gasteiger partial charge in [0.15, 0.2) is 0 Å². The van der Waals surface area contributed by atoms with Crippen LogP contribution < -0.4 is 0 Å². The van der Waals surface area contributed by atoms with E-state index in [1.165, 1.54) is 0 Å². The fourth-order valence-electron chi connectivity index (χ4n) is 1.59. The van der Waals surface area contributed by atoms with Gasteiger partial charge in [-0.2, -0.15) is 0 Å². The molecule has 2 nitrogen and oxygen atoms in total. The summed E-state index contributed by atoms with van der Waals surface area (Å²) in [5, 5.41) is 0. The van der Waals surface area contributed by atoms with Crippen molar-refractivity contribution in [3.63, 3.8) is 0 Å². The van der Waals surface area contributed by atoms with Gasteiger partial charge in [0.1, 0.15) is 0 Å². The Hall–Kier alpha value is -1.31. The number of hydrogen-bond donors (Lipinski definition) is 0. The van der Waals surface area contributed by atoms with E-state index in [4.69, 9.17) is 0 Å².